The molecule has 0 rings (SSSR count). The Hall–Kier alpha value is -1.09. The third-order valence-corrected chi connectivity index (χ3v) is 2.42. The van der Waals surface area contributed by atoms with Crippen LogP contribution in [0.25, 0.3) is 0 Å². The van der Waals surface area contributed by atoms with Crippen LogP contribution in [0.2, 0.25) is 13.6 Å². The van der Waals surface area contributed by atoms with Gasteiger partial charge in [-0.15, -0.1) is 0 Å². The first-order valence-electron chi connectivity index (χ1n) is 6.58. The summed E-state index contributed by atoms with van der Waals surface area (Å²) >= 11 is 0. The molecule has 0 radical (unpaired) electrons. The number of ether oxygens (including phenoxy) is 1. The molecule has 0 aromatic carbocycles. The fourth-order valence-electron chi connectivity index (χ4n) is 1.34. The monoisotopic (exact) mass is 287 g/mol. The van der Waals surface area contributed by atoms with Crippen molar-refractivity contribution in [1.82, 2.24) is 15.8 Å². The van der Waals surface area contributed by atoms with Crippen molar-refractivity contribution in [3.63, 3.8) is 0 Å². The molecule has 5 N–H and O–H groups in total. The number of esters is 1. The molecule has 0 saturated carbocycles. The van der Waals surface area contributed by atoms with Gasteiger partial charge >= 0.3 is 20.1 Å². The van der Waals surface area contributed by atoms with Crippen LogP contribution >= 0.6 is 0 Å². The summed E-state index contributed by atoms with van der Waals surface area (Å²) in [6.07, 6.45) is -0.494. The van der Waals surface area contributed by atoms with Crippen LogP contribution in [0.5, 0.6) is 0 Å². The van der Waals surface area contributed by atoms with Gasteiger partial charge in [-0.1, -0.05) is 0 Å². The zero-order chi connectivity index (χ0) is 15.5. The van der Waals surface area contributed by atoms with E-state index in [1.807, 2.05) is 0 Å². The molecule has 0 bridgehead atoms. The molecular weight excluding hydrogens is 264 g/mol. The van der Waals surface area contributed by atoms with Crippen LogP contribution in [0.3, 0.4) is 0 Å². The molecule has 0 aliphatic carbocycles. The van der Waals surface area contributed by atoms with Crippen molar-refractivity contribution < 1.29 is 24.4 Å². The molecule has 10 heteroatoms. The molecule has 0 fully saturated rings. The molecule has 0 aliphatic heterocycles. The molecule has 0 atom stereocenters. The van der Waals surface area contributed by atoms with Gasteiger partial charge in [-0.2, -0.15) is 0 Å². The van der Waals surface area contributed by atoms with E-state index in [4.69, 9.17) is 14.8 Å². The third kappa shape index (κ3) is 10.8. The number of hydrogen-bond acceptors (Lipinski definition) is 7. The van der Waals surface area contributed by atoms with Crippen LogP contribution < -0.4 is 15.8 Å². The number of amides is 1. The maximum atomic E-state index is 11.6. The zero-order valence-electron chi connectivity index (χ0n) is 12.2. The normalized spacial score (nSPS) is 10.3. The number of hydrogen-bond donors (Lipinski definition) is 5. The molecule has 0 aromatic heterocycles. The van der Waals surface area contributed by atoms with Crippen molar-refractivity contribution in [3.8, 4) is 0 Å². The predicted octanol–water partition coefficient (Wildman–Crippen LogP) is -2.18. The van der Waals surface area contributed by atoms with E-state index in [9.17, 15) is 9.59 Å². The Kier molecular flexibility index (Phi) is 10.1. The molecular formula is C10H23B2N3O5. The Bertz CT molecular complexity index is 293. The number of carbonyl (C=O) groups is 2. The molecule has 0 unspecified atom stereocenters. The average Bonchev–Trinajstić information content (AvgIpc) is 2.38. The van der Waals surface area contributed by atoms with Gasteiger partial charge in [0.05, 0.1) is 6.42 Å². The van der Waals surface area contributed by atoms with Crippen molar-refractivity contribution in [2.24, 2.45) is 0 Å². The van der Waals surface area contributed by atoms with Crippen molar-refractivity contribution in [2.75, 3.05) is 20.1 Å². The number of nitrogens with one attached hydrogen (secondary N) is 3. The number of carbonyl (C=O) groups excluding carboxylic acids is 2. The van der Waals surface area contributed by atoms with Crippen molar-refractivity contribution in [2.45, 2.75) is 32.6 Å². The van der Waals surface area contributed by atoms with Crippen molar-refractivity contribution >= 4 is 26.0 Å². The molecule has 20 heavy (non-hydrogen) atoms. The number of rotatable bonds is 10. The Balaban J connectivity index is 4.17. The minimum Gasteiger partial charge on any atom is -0.460 e. The van der Waals surface area contributed by atoms with E-state index < -0.39 is 26.2 Å². The Morgan fingerprint density at radius 3 is 2.00 bits per heavy atom. The summed E-state index contributed by atoms with van der Waals surface area (Å²) in [5.74, 6) is -0.735. The fourth-order valence-corrected chi connectivity index (χ4v) is 1.34. The van der Waals surface area contributed by atoms with Gasteiger partial charge < -0.3 is 30.6 Å². The van der Waals surface area contributed by atoms with E-state index in [1.54, 1.807) is 13.6 Å². The van der Waals surface area contributed by atoms with Crippen LogP contribution in [0.4, 0.5) is 0 Å². The van der Waals surface area contributed by atoms with Crippen LogP contribution in [-0.2, 0) is 14.3 Å². The van der Waals surface area contributed by atoms with E-state index >= 15 is 0 Å². The summed E-state index contributed by atoms with van der Waals surface area (Å²) < 4.78 is 5.18. The van der Waals surface area contributed by atoms with E-state index in [0.717, 1.165) is 0 Å². The van der Waals surface area contributed by atoms with Gasteiger partial charge in [0.1, 0.15) is 6.10 Å². The van der Waals surface area contributed by atoms with Gasteiger partial charge in [0.2, 0.25) is 5.91 Å². The first-order valence-corrected chi connectivity index (χ1v) is 6.58. The maximum Gasteiger partial charge on any atom is 0.373 e. The second kappa shape index (κ2) is 10.7. The van der Waals surface area contributed by atoms with Crippen LogP contribution in [0.15, 0.2) is 0 Å². The largest absolute Gasteiger partial charge is 0.460 e. The van der Waals surface area contributed by atoms with Crippen molar-refractivity contribution in [1.29, 1.82) is 0 Å². The third-order valence-electron chi connectivity index (χ3n) is 2.42. The highest BCUT2D eigenvalue weighted by Crippen LogP contribution is 1.98. The smallest absolute Gasteiger partial charge is 0.373 e. The molecule has 0 spiro atoms. The Labute approximate surface area is 119 Å². The zero-order valence-corrected chi connectivity index (χ0v) is 12.2. The van der Waals surface area contributed by atoms with Crippen LogP contribution in [0.1, 0.15) is 12.8 Å². The Morgan fingerprint density at radius 1 is 1.10 bits per heavy atom. The van der Waals surface area contributed by atoms with Gasteiger partial charge in [0.15, 0.2) is 0 Å². The first-order chi connectivity index (χ1) is 9.35. The SMILES string of the molecule is CNC(=O)CCC(=O)OC(CNB(C)O)CNB(C)O. The maximum absolute atomic E-state index is 11.6. The van der Waals surface area contributed by atoms with Crippen LogP contribution in [0, 0.1) is 0 Å². The molecule has 114 valence electrons. The quantitative estimate of drug-likeness (QED) is 0.229. The van der Waals surface area contributed by atoms with Gasteiger partial charge in [-0.25, -0.2) is 0 Å². The molecule has 0 aliphatic rings. The van der Waals surface area contributed by atoms with E-state index in [-0.39, 0.29) is 31.8 Å². The second-order valence-corrected chi connectivity index (χ2v) is 4.45. The molecule has 0 saturated heterocycles. The lowest BCUT2D eigenvalue weighted by molar-refractivity contribution is -0.149. The summed E-state index contributed by atoms with van der Waals surface area (Å²) in [7, 11) is 0.0394. The van der Waals surface area contributed by atoms with Gasteiger partial charge in [-0.3, -0.25) is 9.59 Å². The van der Waals surface area contributed by atoms with Crippen molar-refractivity contribution in [3.05, 3.63) is 0 Å². The van der Waals surface area contributed by atoms with E-state index in [0.29, 0.717) is 0 Å². The summed E-state index contributed by atoms with van der Waals surface area (Å²) in [5, 5.41) is 26.2. The molecule has 8 nitrogen and oxygen atoms in total. The lowest BCUT2D eigenvalue weighted by atomic mass is 9.87. The van der Waals surface area contributed by atoms with Gasteiger partial charge in [0.25, 0.3) is 0 Å². The van der Waals surface area contributed by atoms with Crippen LogP contribution in [-0.4, -0.2) is 62.3 Å². The lowest BCUT2D eigenvalue weighted by Gasteiger charge is -2.20. The lowest BCUT2D eigenvalue weighted by Crippen LogP contribution is -2.46. The molecule has 0 heterocycles. The summed E-state index contributed by atoms with van der Waals surface area (Å²) in [6, 6.07) is 0. The standard InChI is InChI=1S/C10H23B2N3O5/c1-11(18)14-6-8(7-15-12(2)19)20-10(17)5-4-9(16)13-3/h8,14-15,18-19H,4-7H2,1-3H3,(H,13,16). The topological polar surface area (TPSA) is 120 Å². The second-order valence-electron chi connectivity index (χ2n) is 4.45. The van der Waals surface area contributed by atoms with E-state index in [1.165, 1.54) is 7.05 Å². The van der Waals surface area contributed by atoms with Gasteiger partial charge in [-0.05, 0) is 13.6 Å². The van der Waals surface area contributed by atoms with E-state index in [2.05, 4.69) is 15.8 Å². The predicted molar refractivity (Wildman–Crippen MR) is 76.9 cm³/mol. The first kappa shape index (κ1) is 18.9. The summed E-state index contributed by atoms with van der Waals surface area (Å²) in [5.41, 5.74) is 0. The highest BCUT2D eigenvalue weighted by atomic mass is 16.5. The highest BCUT2D eigenvalue weighted by Gasteiger charge is 2.18. The summed E-state index contributed by atoms with van der Waals surface area (Å²) in [4.78, 5) is 22.6. The Morgan fingerprint density at radius 2 is 1.60 bits per heavy atom. The minimum atomic E-state index is -0.728. The minimum absolute atomic E-state index is 0.0144. The fraction of sp³-hybridized carbons (Fsp3) is 0.800. The summed E-state index contributed by atoms with van der Waals surface area (Å²) in [6.45, 7) is 3.57. The van der Waals surface area contributed by atoms with Gasteiger partial charge in [0, 0.05) is 26.6 Å². The molecule has 1 amide bonds. The highest BCUT2D eigenvalue weighted by molar-refractivity contribution is 6.45. The molecule has 0 aromatic rings. The average molecular weight is 287 g/mol.